The maximum Gasteiger partial charge on any atom is 0.142 e. The van der Waals surface area contributed by atoms with Gasteiger partial charge in [0.05, 0.1) is 5.02 Å². The quantitative estimate of drug-likeness (QED) is 0.916. The molecule has 0 aliphatic heterocycles. The molecule has 0 saturated heterocycles. The first-order chi connectivity index (χ1) is 8.72. The SMILES string of the molecule is CNC(Cc1ccncc1)c1cccc(F)c1Cl. The molecule has 2 aromatic rings. The molecule has 1 aromatic heterocycles. The number of nitrogens with zero attached hydrogens (tertiary/aromatic N) is 1. The molecule has 94 valence electrons. The molecule has 0 saturated carbocycles. The maximum absolute atomic E-state index is 13.4. The van der Waals surface area contributed by atoms with Crippen molar-refractivity contribution < 1.29 is 4.39 Å². The second-order valence-corrected chi connectivity index (χ2v) is 4.42. The van der Waals surface area contributed by atoms with E-state index in [1.165, 1.54) is 6.07 Å². The van der Waals surface area contributed by atoms with Crippen molar-refractivity contribution in [2.45, 2.75) is 12.5 Å². The molecule has 0 radical (unpaired) electrons. The van der Waals surface area contributed by atoms with E-state index in [4.69, 9.17) is 11.6 Å². The number of nitrogens with one attached hydrogen (secondary N) is 1. The van der Waals surface area contributed by atoms with Crippen LogP contribution >= 0.6 is 11.6 Å². The molecule has 0 bridgehead atoms. The molecule has 0 aliphatic carbocycles. The number of aromatic nitrogens is 1. The van der Waals surface area contributed by atoms with Gasteiger partial charge in [-0.1, -0.05) is 23.7 Å². The lowest BCUT2D eigenvalue weighted by atomic mass is 9.99. The van der Waals surface area contributed by atoms with Crippen molar-refractivity contribution in [1.29, 1.82) is 0 Å². The number of rotatable bonds is 4. The first kappa shape index (κ1) is 13.0. The van der Waals surface area contributed by atoms with Crippen LogP contribution in [-0.2, 0) is 6.42 Å². The van der Waals surface area contributed by atoms with Crippen LogP contribution in [0, 0.1) is 5.82 Å². The Morgan fingerprint density at radius 1 is 1.28 bits per heavy atom. The van der Waals surface area contributed by atoms with Gasteiger partial charge in [-0.2, -0.15) is 0 Å². The third-order valence-electron chi connectivity index (χ3n) is 2.89. The predicted octanol–water partition coefficient (Wildman–Crippen LogP) is 3.38. The van der Waals surface area contributed by atoms with Crippen molar-refractivity contribution in [2.75, 3.05) is 7.05 Å². The highest BCUT2D eigenvalue weighted by Gasteiger charge is 2.15. The maximum atomic E-state index is 13.4. The fourth-order valence-electron chi connectivity index (χ4n) is 1.91. The van der Waals surface area contributed by atoms with Crippen molar-refractivity contribution in [3.8, 4) is 0 Å². The molecule has 1 N–H and O–H groups in total. The van der Waals surface area contributed by atoms with Crippen LogP contribution in [0.3, 0.4) is 0 Å². The van der Waals surface area contributed by atoms with E-state index in [0.29, 0.717) is 0 Å². The van der Waals surface area contributed by atoms with Gasteiger partial charge in [-0.3, -0.25) is 4.98 Å². The molecule has 4 heteroatoms. The molecular formula is C14H14ClFN2. The smallest absolute Gasteiger partial charge is 0.142 e. The van der Waals surface area contributed by atoms with Gasteiger partial charge < -0.3 is 5.32 Å². The number of hydrogen-bond acceptors (Lipinski definition) is 2. The van der Waals surface area contributed by atoms with Crippen LogP contribution in [-0.4, -0.2) is 12.0 Å². The molecule has 0 spiro atoms. The Balaban J connectivity index is 2.26. The fraction of sp³-hybridized carbons (Fsp3) is 0.214. The molecular weight excluding hydrogens is 251 g/mol. The number of halogens is 2. The first-order valence-electron chi connectivity index (χ1n) is 5.72. The van der Waals surface area contributed by atoms with Gasteiger partial charge in [-0.15, -0.1) is 0 Å². The molecule has 0 fully saturated rings. The average molecular weight is 265 g/mol. The molecule has 1 atom stereocenters. The Labute approximate surface area is 111 Å². The summed E-state index contributed by atoms with van der Waals surface area (Å²) in [5, 5.41) is 3.35. The van der Waals surface area contributed by atoms with E-state index in [0.717, 1.165) is 17.5 Å². The van der Waals surface area contributed by atoms with E-state index < -0.39 is 0 Å². The third-order valence-corrected chi connectivity index (χ3v) is 3.29. The summed E-state index contributed by atoms with van der Waals surface area (Å²) >= 11 is 6.01. The van der Waals surface area contributed by atoms with Crippen molar-refractivity contribution in [3.63, 3.8) is 0 Å². The highest BCUT2D eigenvalue weighted by atomic mass is 35.5. The highest BCUT2D eigenvalue weighted by Crippen LogP contribution is 2.27. The second kappa shape index (κ2) is 5.94. The summed E-state index contributed by atoms with van der Waals surface area (Å²) in [7, 11) is 1.84. The van der Waals surface area contributed by atoms with Gasteiger partial charge in [0.25, 0.3) is 0 Å². The van der Waals surface area contributed by atoms with Gasteiger partial charge in [0, 0.05) is 18.4 Å². The molecule has 18 heavy (non-hydrogen) atoms. The molecule has 0 aliphatic rings. The standard InChI is InChI=1S/C14H14ClFN2/c1-17-13(9-10-5-7-18-8-6-10)11-3-2-4-12(16)14(11)15/h2-8,13,17H,9H2,1H3. The van der Waals surface area contributed by atoms with E-state index in [-0.39, 0.29) is 16.9 Å². The zero-order valence-electron chi connectivity index (χ0n) is 10.0. The Hall–Kier alpha value is -1.45. The van der Waals surface area contributed by atoms with Crippen LogP contribution in [0.5, 0.6) is 0 Å². The number of hydrogen-bond donors (Lipinski definition) is 1. The largest absolute Gasteiger partial charge is 0.313 e. The Kier molecular flexibility index (Phi) is 4.28. The minimum absolute atomic E-state index is 0.0180. The van der Waals surface area contributed by atoms with Crippen molar-refractivity contribution in [2.24, 2.45) is 0 Å². The van der Waals surface area contributed by atoms with E-state index in [1.807, 2.05) is 25.2 Å². The number of pyridine rings is 1. The summed E-state index contributed by atoms with van der Waals surface area (Å²) in [6.07, 6.45) is 4.23. The van der Waals surface area contributed by atoms with Crippen LogP contribution in [0.25, 0.3) is 0 Å². The Morgan fingerprint density at radius 2 is 2.00 bits per heavy atom. The van der Waals surface area contributed by atoms with Crippen LogP contribution < -0.4 is 5.32 Å². The fourth-order valence-corrected chi connectivity index (χ4v) is 2.17. The lowest BCUT2D eigenvalue weighted by Gasteiger charge is -2.18. The van der Waals surface area contributed by atoms with Crippen LogP contribution in [0.1, 0.15) is 17.2 Å². The molecule has 2 nitrogen and oxygen atoms in total. The first-order valence-corrected chi connectivity index (χ1v) is 6.10. The minimum Gasteiger partial charge on any atom is -0.313 e. The Bertz CT molecular complexity index is 516. The molecule has 0 amide bonds. The van der Waals surface area contributed by atoms with Crippen molar-refractivity contribution in [3.05, 3.63) is 64.7 Å². The van der Waals surface area contributed by atoms with E-state index in [1.54, 1.807) is 18.5 Å². The summed E-state index contributed by atoms with van der Waals surface area (Å²) in [4.78, 5) is 3.98. The average Bonchev–Trinajstić information content (AvgIpc) is 2.41. The summed E-state index contributed by atoms with van der Waals surface area (Å²) in [5.74, 6) is -0.385. The number of likely N-dealkylation sites (N-methyl/N-ethyl adjacent to an activating group) is 1. The monoisotopic (exact) mass is 264 g/mol. The topological polar surface area (TPSA) is 24.9 Å². The summed E-state index contributed by atoms with van der Waals surface area (Å²) in [6, 6.07) is 8.75. The summed E-state index contributed by atoms with van der Waals surface area (Å²) in [6.45, 7) is 0. The van der Waals surface area contributed by atoms with E-state index >= 15 is 0 Å². The van der Waals surface area contributed by atoms with Crippen LogP contribution in [0.2, 0.25) is 5.02 Å². The van der Waals surface area contributed by atoms with Gasteiger partial charge in [0.2, 0.25) is 0 Å². The molecule has 1 aromatic carbocycles. The van der Waals surface area contributed by atoms with E-state index in [2.05, 4.69) is 10.3 Å². The zero-order valence-corrected chi connectivity index (χ0v) is 10.8. The van der Waals surface area contributed by atoms with Gasteiger partial charge in [-0.25, -0.2) is 4.39 Å². The van der Waals surface area contributed by atoms with Gasteiger partial charge >= 0.3 is 0 Å². The normalized spacial score (nSPS) is 12.4. The lowest BCUT2D eigenvalue weighted by molar-refractivity contribution is 0.577. The van der Waals surface area contributed by atoms with Gasteiger partial charge in [0.15, 0.2) is 0 Å². The summed E-state index contributed by atoms with van der Waals surface area (Å²) in [5.41, 5.74) is 1.90. The van der Waals surface area contributed by atoms with Crippen molar-refractivity contribution >= 4 is 11.6 Å². The van der Waals surface area contributed by atoms with Gasteiger partial charge in [-0.05, 0) is 42.8 Å². The lowest BCUT2D eigenvalue weighted by Crippen LogP contribution is -2.19. The molecule has 1 unspecified atom stereocenters. The van der Waals surface area contributed by atoms with E-state index in [9.17, 15) is 4.39 Å². The Morgan fingerprint density at radius 3 is 2.67 bits per heavy atom. The zero-order chi connectivity index (χ0) is 13.0. The highest BCUT2D eigenvalue weighted by molar-refractivity contribution is 6.31. The third kappa shape index (κ3) is 2.86. The van der Waals surface area contributed by atoms with Crippen molar-refractivity contribution in [1.82, 2.24) is 10.3 Å². The second-order valence-electron chi connectivity index (χ2n) is 4.04. The molecule has 2 rings (SSSR count). The molecule has 1 heterocycles. The summed E-state index contributed by atoms with van der Waals surface area (Å²) < 4.78 is 13.4. The van der Waals surface area contributed by atoms with Gasteiger partial charge in [0.1, 0.15) is 5.82 Å². The van der Waals surface area contributed by atoms with Crippen LogP contribution in [0.15, 0.2) is 42.7 Å². The number of benzene rings is 1. The minimum atomic E-state index is -0.385. The van der Waals surface area contributed by atoms with Crippen LogP contribution in [0.4, 0.5) is 4.39 Å². The predicted molar refractivity (Wildman–Crippen MR) is 71.2 cm³/mol.